The zero-order chi connectivity index (χ0) is 10.1. The molecule has 0 spiro atoms. The van der Waals surface area contributed by atoms with Crippen molar-refractivity contribution in [2.75, 3.05) is 0 Å². The number of allylic oxidation sites excluding steroid dienone is 2. The van der Waals surface area contributed by atoms with E-state index in [9.17, 15) is 9.59 Å². The summed E-state index contributed by atoms with van der Waals surface area (Å²) >= 11 is 3.57. The third-order valence-electron chi connectivity index (χ3n) is 2.51. The van der Waals surface area contributed by atoms with Crippen molar-refractivity contribution in [3.63, 3.8) is 0 Å². The summed E-state index contributed by atoms with van der Waals surface area (Å²) in [5.74, 6) is -0.137. The molecule has 0 aliphatic heterocycles. The van der Waals surface area contributed by atoms with Crippen LogP contribution in [0.1, 0.15) is 19.8 Å². The second kappa shape index (κ2) is 4.37. The van der Waals surface area contributed by atoms with Crippen LogP contribution in [-0.2, 0) is 9.59 Å². The highest BCUT2D eigenvalue weighted by Crippen LogP contribution is 2.40. The van der Waals surface area contributed by atoms with Crippen molar-refractivity contribution in [2.24, 2.45) is 11.3 Å². The smallest absolute Gasteiger partial charge is 0.202 e. The van der Waals surface area contributed by atoms with Crippen molar-refractivity contribution in [3.05, 3.63) is 12.2 Å². The summed E-state index contributed by atoms with van der Waals surface area (Å²) in [5, 5.41) is 0. The molecule has 0 aromatic heterocycles. The second-order valence-corrected chi connectivity index (χ2v) is 5.44. The van der Waals surface area contributed by atoms with E-state index in [-0.39, 0.29) is 13.5 Å². The molecule has 1 aliphatic rings. The van der Waals surface area contributed by atoms with Crippen molar-refractivity contribution in [2.45, 2.75) is 19.8 Å². The lowest BCUT2D eigenvalue weighted by Gasteiger charge is -2.32. The normalized spacial score (nSPS) is 33.0. The van der Waals surface area contributed by atoms with E-state index < -0.39 is 5.41 Å². The fraction of sp³-hybridized carbons (Fsp3) is 0.556. The molecule has 0 fully saturated rings. The number of carbonyl (C=O) groups excluding carboxylic acids is 2. The van der Waals surface area contributed by atoms with Gasteiger partial charge in [-0.15, -0.1) is 0 Å². The average molecular weight is 404 g/mol. The minimum Gasteiger partial charge on any atom is -0.287 e. The topological polar surface area (TPSA) is 34.1 Å². The Hall–Kier alpha value is 0.540. The van der Waals surface area contributed by atoms with E-state index in [1.807, 2.05) is 19.1 Å². The van der Waals surface area contributed by atoms with Crippen LogP contribution < -0.4 is 0 Å². The molecular formula is C9H10I2O2. The van der Waals surface area contributed by atoms with Crippen LogP contribution >= 0.6 is 45.2 Å². The second-order valence-electron chi connectivity index (χ2n) is 3.39. The van der Waals surface area contributed by atoms with Gasteiger partial charge in [0.2, 0.25) is 3.79 Å². The van der Waals surface area contributed by atoms with Gasteiger partial charge in [-0.2, -0.15) is 0 Å². The van der Waals surface area contributed by atoms with Crippen LogP contribution in [0.25, 0.3) is 0 Å². The maximum Gasteiger partial charge on any atom is 0.202 e. The zero-order valence-corrected chi connectivity index (χ0v) is 11.5. The fourth-order valence-electron chi connectivity index (χ4n) is 1.56. The van der Waals surface area contributed by atoms with Gasteiger partial charge >= 0.3 is 0 Å². The van der Waals surface area contributed by atoms with Crippen LogP contribution in [-0.4, -0.2) is 7.58 Å². The highest BCUT2D eigenvalue weighted by Gasteiger charge is 2.41. The molecule has 0 saturated heterocycles. The Morgan fingerprint density at radius 1 is 1.46 bits per heavy atom. The minimum absolute atomic E-state index is 0.0519. The van der Waals surface area contributed by atoms with Crippen LogP contribution in [0.4, 0.5) is 0 Å². The Morgan fingerprint density at radius 3 is 2.46 bits per heavy atom. The van der Waals surface area contributed by atoms with Gasteiger partial charge in [0.05, 0.1) is 5.41 Å². The number of hydrogen-bond acceptors (Lipinski definition) is 2. The molecule has 0 aromatic rings. The summed E-state index contributed by atoms with van der Waals surface area (Å²) in [7, 11) is 0. The van der Waals surface area contributed by atoms with Gasteiger partial charge < -0.3 is 0 Å². The SMILES string of the molecule is CC1(C(=O)I)C=CCCC1C(=O)I. The van der Waals surface area contributed by atoms with Crippen LogP contribution in [0.5, 0.6) is 0 Å². The molecule has 13 heavy (non-hydrogen) atoms. The Morgan fingerprint density at radius 2 is 2.08 bits per heavy atom. The molecule has 1 aliphatic carbocycles. The highest BCUT2D eigenvalue weighted by atomic mass is 127. The van der Waals surface area contributed by atoms with Gasteiger partial charge in [-0.05, 0) is 42.4 Å². The molecule has 4 heteroatoms. The molecule has 0 amide bonds. The molecule has 0 aromatic carbocycles. The maximum atomic E-state index is 11.4. The number of rotatable bonds is 2. The van der Waals surface area contributed by atoms with E-state index >= 15 is 0 Å². The molecule has 1 rings (SSSR count). The van der Waals surface area contributed by atoms with Gasteiger partial charge in [0.1, 0.15) is 0 Å². The van der Waals surface area contributed by atoms with Gasteiger partial charge in [0.15, 0.2) is 3.79 Å². The molecule has 0 radical (unpaired) electrons. The summed E-state index contributed by atoms with van der Waals surface area (Å²) in [5.41, 5.74) is -0.572. The Kier molecular flexibility index (Phi) is 3.91. The van der Waals surface area contributed by atoms with Crippen molar-refractivity contribution < 1.29 is 9.59 Å². The van der Waals surface area contributed by atoms with Crippen molar-refractivity contribution in [3.8, 4) is 0 Å². The third kappa shape index (κ3) is 2.31. The Balaban J connectivity index is 3.02. The molecule has 72 valence electrons. The molecule has 0 bridgehead atoms. The van der Waals surface area contributed by atoms with E-state index in [2.05, 4.69) is 0 Å². The number of halogens is 2. The summed E-state index contributed by atoms with van der Waals surface area (Å²) < 4.78 is 0.144. The molecule has 2 nitrogen and oxygen atoms in total. The van der Waals surface area contributed by atoms with Gasteiger partial charge in [-0.25, -0.2) is 0 Å². The predicted molar refractivity (Wildman–Crippen MR) is 68.0 cm³/mol. The Labute approximate surface area is 105 Å². The molecule has 0 saturated carbocycles. The van der Waals surface area contributed by atoms with Crippen LogP contribution in [0, 0.1) is 11.3 Å². The van der Waals surface area contributed by atoms with Crippen molar-refractivity contribution in [1.82, 2.24) is 0 Å². The van der Waals surface area contributed by atoms with Gasteiger partial charge in [0, 0.05) is 28.5 Å². The van der Waals surface area contributed by atoms with Gasteiger partial charge in [-0.1, -0.05) is 12.2 Å². The molecule has 2 unspecified atom stereocenters. The third-order valence-corrected chi connectivity index (χ3v) is 4.42. The first-order valence-corrected chi connectivity index (χ1v) is 6.21. The first-order valence-electron chi connectivity index (χ1n) is 4.05. The van der Waals surface area contributed by atoms with E-state index in [1.165, 1.54) is 0 Å². The summed E-state index contributed by atoms with van der Waals surface area (Å²) in [4.78, 5) is 22.7. The summed E-state index contributed by atoms with van der Waals surface area (Å²) in [6, 6.07) is 0. The standard InChI is InChI=1S/C9H10I2O2/c1-9(8(11)13)5-3-2-4-6(9)7(10)12/h3,5-6H,2,4H2,1H3. The van der Waals surface area contributed by atoms with Gasteiger partial charge in [-0.3, -0.25) is 9.59 Å². The molecule has 0 heterocycles. The maximum absolute atomic E-state index is 11.4. The van der Waals surface area contributed by atoms with E-state index in [1.54, 1.807) is 45.2 Å². The predicted octanol–water partition coefficient (Wildman–Crippen LogP) is 2.88. The lowest BCUT2D eigenvalue weighted by molar-refractivity contribution is -0.124. The number of hydrogen-bond donors (Lipinski definition) is 0. The van der Waals surface area contributed by atoms with Crippen molar-refractivity contribution >= 4 is 52.8 Å². The van der Waals surface area contributed by atoms with Crippen LogP contribution in [0.3, 0.4) is 0 Å². The van der Waals surface area contributed by atoms with E-state index in [4.69, 9.17) is 0 Å². The fourth-order valence-corrected chi connectivity index (χ4v) is 3.07. The summed E-state index contributed by atoms with van der Waals surface area (Å²) in [6.45, 7) is 1.85. The molecular weight excluding hydrogens is 394 g/mol. The highest BCUT2D eigenvalue weighted by molar-refractivity contribution is 14.1. The lowest BCUT2D eigenvalue weighted by Crippen LogP contribution is -2.36. The van der Waals surface area contributed by atoms with Crippen LogP contribution in [0.2, 0.25) is 0 Å². The number of carbonyl (C=O) groups is 2. The average Bonchev–Trinajstić information content (AvgIpc) is 2.04. The monoisotopic (exact) mass is 404 g/mol. The first kappa shape index (κ1) is 11.6. The first-order chi connectivity index (χ1) is 5.98. The van der Waals surface area contributed by atoms with Crippen molar-refractivity contribution in [1.29, 1.82) is 0 Å². The van der Waals surface area contributed by atoms with E-state index in [0.29, 0.717) is 0 Å². The zero-order valence-electron chi connectivity index (χ0n) is 7.22. The summed E-state index contributed by atoms with van der Waals surface area (Å²) in [6.07, 6.45) is 5.57. The van der Waals surface area contributed by atoms with E-state index in [0.717, 1.165) is 12.8 Å². The largest absolute Gasteiger partial charge is 0.287 e. The van der Waals surface area contributed by atoms with Crippen LogP contribution in [0.15, 0.2) is 12.2 Å². The quantitative estimate of drug-likeness (QED) is 0.403. The Bertz CT molecular complexity index is 273. The minimum atomic E-state index is -0.572. The molecule has 0 N–H and O–H groups in total. The lowest BCUT2D eigenvalue weighted by atomic mass is 9.73. The molecule has 2 atom stereocenters. The van der Waals surface area contributed by atoms with Gasteiger partial charge in [0.25, 0.3) is 0 Å².